The van der Waals surface area contributed by atoms with Crippen LogP contribution in [0.2, 0.25) is 5.02 Å². The van der Waals surface area contributed by atoms with Gasteiger partial charge in [-0.15, -0.1) is 0 Å². The van der Waals surface area contributed by atoms with E-state index in [2.05, 4.69) is 62.0 Å². The minimum absolute atomic E-state index is 0.244. The molecule has 0 amide bonds. The predicted molar refractivity (Wildman–Crippen MR) is 83.5 cm³/mol. The summed E-state index contributed by atoms with van der Waals surface area (Å²) in [7, 11) is 0. The Morgan fingerprint density at radius 3 is 2.78 bits per heavy atom. The highest BCUT2D eigenvalue weighted by Crippen LogP contribution is 2.31. The summed E-state index contributed by atoms with van der Waals surface area (Å²) in [5, 5.41) is 0.716. The van der Waals surface area contributed by atoms with E-state index in [4.69, 9.17) is 11.6 Å². The van der Waals surface area contributed by atoms with Crippen molar-refractivity contribution in [1.82, 2.24) is 4.98 Å². The number of aryl methyl sites for hydroxylation is 1. The zero-order chi connectivity index (χ0) is 13.1. The van der Waals surface area contributed by atoms with Crippen molar-refractivity contribution in [2.24, 2.45) is 0 Å². The van der Waals surface area contributed by atoms with E-state index in [0.717, 1.165) is 16.5 Å². The fourth-order valence-corrected chi connectivity index (χ4v) is 3.26. The molecule has 0 aliphatic rings. The molecule has 1 heterocycles. The number of aromatic nitrogens is 1. The predicted octanol–water partition coefficient (Wildman–Crippen LogP) is 5.48. The third-order valence-corrected chi connectivity index (χ3v) is 4.33. The summed E-state index contributed by atoms with van der Waals surface area (Å²) in [5.41, 5.74) is 3.59. The molecule has 2 aromatic rings. The highest BCUT2D eigenvalue weighted by atomic mass is 79.9. The van der Waals surface area contributed by atoms with Gasteiger partial charge in [0.15, 0.2) is 0 Å². The van der Waals surface area contributed by atoms with Gasteiger partial charge < -0.3 is 0 Å². The Labute approximate surface area is 129 Å². The molecule has 1 aromatic carbocycles. The van der Waals surface area contributed by atoms with Crippen molar-refractivity contribution in [2.45, 2.75) is 18.2 Å². The molecule has 0 spiro atoms. The van der Waals surface area contributed by atoms with Gasteiger partial charge in [-0.25, -0.2) is 0 Å². The van der Waals surface area contributed by atoms with E-state index in [1.54, 1.807) is 12.4 Å². The van der Waals surface area contributed by atoms with Crippen LogP contribution >= 0.6 is 43.5 Å². The number of pyridine rings is 1. The molecule has 1 unspecified atom stereocenters. The molecule has 1 nitrogen and oxygen atoms in total. The number of rotatable bonds is 3. The van der Waals surface area contributed by atoms with Gasteiger partial charge in [0, 0.05) is 21.7 Å². The van der Waals surface area contributed by atoms with Gasteiger partial charge in [-0.1, -0.05) is 49.5 Å². The molecular weight excluding hydrogens is 377 g/mol. The first-order chi connectivity index (χ1) is 8.56. The second-order valence-corrected chi connectivity index (χ2v) is 6.63. The summed E-state index contributed by atoms with van der Waals surface area (Å²) < 4.78 is 1.10. The average Bonchev–Trinajstić information content (AvgIpc) is 2.31. The minimum Gasteiger partial charge on any atom is -0.263 e. The second-order valence-electron chi connectivity index (χ2n) is 4.20. The number of benzene rings is 1. The third-order valence-electron chi connectivity index (χ3n) is 2.68. The van der Waals surface area contributed by atoms with Gasteiger partial charge >= 0.3 is 0 Å². The first kappa shape index (κ1) is 14.0. The maximum absolute atomic E-state index is 6.13. The van der Waals surface area contributed by atoms with Crippen LogP contribution in [0.25, 0.3) is 0 Å². The SMILES string of the molecule is Cc1cc(Br)cc(C(Br)Cc2ccncc2Cl)c1. The maximum atomic E-state index is 6.13. The van der Waals surface area contributed by atoms with Crippen molar-refractivity contribution >= 4 is 43.5 Å². The van der Waals surface area contributed by atoms with E-state index in [9.17, 15) is 0 Å². The molecule has 0 bridgehead atoms. The Kier molecular flexibility index (Phi) is 4.82. The van der Waals surface area contributed by atoms with Crippen molar-refractivity contribution in [3.8, 4) is 0 Å². The molecular formula is C14H12Br2ClN. The number of hydrogen-bond donors (Lipinski definition) is 0. The number of halogens is 3. The smallest absolute Gasteiger partial charge is 0.0621 e. The van der Waals surface area contributed by atoms with Crippen molar-refractivity contribution in [2.75, 3.05) is 0 Å². The standard InChI is InChI=1S/C14H12Br2ClN/c1-9-4-11(6-12(15)5-9)13(16)7-10-2-3-18-8-14(10)17/h2-6,8,13H,7H2,1H3. The zero-order valence-corrected chi connectivity index (χ0v) is 13.8. The van der Waals surface area contributed by atoms with Gasteiger partial charge in [-0.05, 0) is 48.2 Å². The molecule has 0 fully saturated rings. The monoisotopic (exact) mass is 387 g/mol. The van der Waals surface area contributed by atoms with E-state index in [-0.39, 0.29) is 4.83 Å². The Morgan fingerprint density at radius 2 is 2.11 bits per heavy atom. The van der Waals surface area contributed by atoms with Crippen LogP contribution in [-0.2, 0) is 6.42 Å². The van der Waals surface area contributed by atoms with E-state index in [0.29, 0.717) is 5.02 Å². The first-order valence-electron chi connectivity index (χ1n) is 5.56. The summed E-state index contributed by atoms with van der Waals surface area (Å²) in [4.78, 5) is 4.24. The van der Waals surface area contributed by atoms with Crippen LogP contribution in [0.15, 0.2) is 41.1 Å². The van der Waals surface area contributed by atoms with Gasteiger partial charge in [0.1, 0.15) is 0 Å². The lowest BCUT2D eigenvalue weighted by molar-refractivity contribution is 0.941. The molecule has 0 radical (unpaired) electrons. The largest absolute Gasteiger partial charge is 0.263 e. The van der Waals surface area contributed by atoms with Gasteiger partial charge in [0.25, 0.3) is 0 Å². The molecule has 0 saturated heterocycles. The summed E-state index contributed by atoms with van der Waals surface area (Å²) >= 11 is 13.4. The van der Waals surface area contributed by atoms with Gasteiger partial charge in [0.05, 0.1) is 5.02 Å². The molecule has 2 rings (SSSR count). The zero-order valence-electron chi connectivity index (χ0n) is 9.83. The van der Waals surface area contributed by atoms with Crippen LogP contribution in [-0.4, -0.2) is 4.98 Å². The van der Waals surface area contributed by atoms with Crippen LogP contribution in [0.1, 0.15) is 21.5 Å². The first-order valence-corrected chi connectivity index (χ1v) is 7.64. The number of nitrogens with zero attached hydrogens (tertiary/aromatic N) is 1. The summed E-state index contributed by atoms with van der Waals surface area (Å²) in [6, 6.07) is 8.37. The summed E-state index contributed by atoms with van der Waals surface area (Å²) in [6.45, 7) is 2.09. The molecule has 18 heavy (non-hydrogen) atoms. The van der Waals surface area contributed by atoms with Gasteiger partial charge in [-0.2, -0.15) is 0 Å². The molecule has 0 saturated carbocycles. The fraction of sp³-hybridized carbons (Fsp3) is 0.214. The average molecular weight is 390 g/mol. The number of alkyl halides is 1. The molecule has 1 atom stereocenters. The van der Waals surface area contributed by atoms with Crippen LogP contribution < -0.4 is 0 Å². The van der Waals surface area contributed by atoms with E-state index >= 15 is 0 Å². The Balaban J connectivity index is 2.22. The Bertz CT molecular complexity index is 537. The minimum atomic E-state index is 0.244. The lowest BCUT2D eigenvalue weighted by Crippen LogP contribution is -1.97. The van der Waals surface area contributed by atoms with E-state index in [1.807, 2.05) is 6.07 Å². The molecule has 4 heteroatoms. The molecule has 0 N–H and O–H groups in total. The lowest BCUT2D eigenvalue weighted by Gasteiger charge is -2.12. The summed E-state index contributed by atoms with van der Waals surface area (Å²) in [6.07, 6.45) is 4.30. The highest BCUT2D eigenvalue weighted by Gasteiger charge is 2.11. The molecule has 94 valence electrons. The van der Waals surface area contributed by atoms with Gasteiger partial charge in [-0.3, -0.25) is 4.98 Å². The van der Waals surface area contributed by atoms with Crippen molar-refractivity contribution in [3.63, 3.8) is 0 Å². The van der Waals surface area contributed by atoms with Crippen molar-refractivity contribution in [1.29, 1.82) is 0 Å². The summed E-state index contributed by atoms with van der Waals surface area (Å²) in [5.74, 6) is 0. The van der Waals surface area contributed by atoms with Crippen LogP contribution in [0, 0.1) is 6.92 Å². The fourth-order valence-electron chi connectivity index (χ4n) is 1.83. The third kappa shape index (κ3) is 3.56. The Hall–Kier alpha value is -0.380. The van der Waals surface area contributed by atoms with Crippen LogP contribution in [0.4, 0.5) is 0 Å². The molecule has 1 aromatic heterocycles. The Morgan fingerprint density at radius 1 is 1.33 bits per heavy atom. The lowest BCUT2D eigenvalue weighted by atomic mass is 10.0. The normalized spacial score (nSPS) is 12.4. The van der Waals surface area contributed by atoms with E-state index < -0.39 is 0 Å². The molecule has 0 aliphatic heterocycles. The second kappa shape index (κ2) is 6.18. The highest BCUT2D eigenvalue weighted by molar-refractivity contribution is 9.10. The van der Waals surface area contributed by atoms with Crippen LogP contribution in [0.5, 0.6) is 0 Å². The maximum Gasteiger partial charge on any atom is 0.0621 e. The van der Waals surface area contributed by atoms with E-state index in [1.165, 1.54) is 11.1 Å². The molecule has 0 aliphatic carbocycles. The van der Waals surface area contributed by atoms with Gasteiger partial charge in [0.2, 0.25) is 0 Å². The quantitative estimate of drug-likeness (QED) is 0.633. The topological polar surface area (TPSA) is 12.9 Å². The van der Waals surface area contributed by atoms with Crippen molar-refractivity contribution in [3.05, 3.63) is 62.8 Å². The number of hydrogen-bond acceptors (Lipinski definition) is 1. The van der Waals surface area contributed by atoms with Crippen LogP contribution in [0.3, 0.4) is 0 Å². The van der Waals surface area contributed by atoms with Crippen molar-refractivity contribution < 1.29 is 0 Å².